The van der Waals surface area contributed by atoms with Gasteiger partial charge in [0.25, 0.3) is 0 Å². The first-order valence-electron chi connectivity index (χ1n) is 6.57. The maximum atomic E-state index is 5.28. The fourth-order valence-electron chi connectivity index (χ4n) is 2.12. The van der Waals surface area contributed by atoms with Crippen molar-refractivity contribution in [2.45, 2.75) is 0 Å². The van der Waals surface area contributed by atoms with Crippen molar-refractivity contribution in [1.82, 2.24) is 9.97 Å². The average Bonchev–Trinajstić information content (AvgIpc) is 2.55. The third-order valence-electron chi connectivity index (χ3n) is 3.19. The monoisotopic (exact) mass is 294 g/mol. The molecule has 104 valence electrons. The summed E-state index contributed by atoms with van der Waals surface area (Å²) in [4.78, 5) is 7.73. The Morgan fingerprint density at radius 2 is 1.67 bits per heavy atom. The predicted octanol–water partition coefficient (Wildman–Crippen LogP) is 4.48. The van der Waals surface area contributed by atoms with Gasteiger partial charge in [0.2, 0.25) is 0 Å². The molecule has 0 aliphatic heterocycles. The molecule has 0 amide bonds. The highest BCUT2D eigenvalue weighted by molar-refractivity contribution is 7.71. The highest BCUT2D eigenvalue weighted by Crippen LogP contribution is 2.23. The van der Waals surface area contributed by atoms with Gasteiger partial charge in [-0.2, -0.15) is 0 Å². The van der Waals surface area contributed by atoms with Crippen LogP contribution in [0.5, 0.6) is 5.75 Å². The van der Waals surface area contributed by atoms with Gasteiger partial charge in [0, 0.05) is 11.3 Å². The van der Waals surface area contributed by atoms with E-state index >= 15 is 0 Å². The number of hydrogen-bond donors (Lipinski definition) is 1. The zero-order valence-electron chi connectivity index (χ0n) is 11.5. The highest BCUT2D eigenvalue weighted by atomic mass is 32.1. The van der Waals surface area contributed by atoms with Crippen LogP contribution >= 0.6 is 12.2 Å². The molecule has 3 aromatic rings. The third-order valence-corrected chi connectivity index (χ3v) is 3.40. The van der Waals surface area contributed by atoms with Gasteiger partial charge in [-0.15, -0.1) is 0 Å². The van der Waals surface area contributed by atoms with Crippen LogP contribution in [0.4, 0.5) is 0 Å². The molecular weight excluding hydrogens is 280 g/mol. The molecule has 21 heavy (non-hydrogen) atoms. The van der Waals surface area contributed by atoms with E-state index in [4.69, 9.17) is 17.0 Å². The van der Waals surface area contributed by atoms with E-state index in [1.165, 1.54) is 0 Å². The summed E-state index contributed by atoms with van der Waals surface area (Å²) in [6.45, 7) is 0. The molecule has 1 heterocycles. The Bertz CT molecular complexity index is 795. The summed E-state index contributed by atoms with van der Waals surface area (Å²) >= 11 is 5.28. The summed E-state index contributed by atoms with van der Waals surface area (Å²) < 4.78 is 5.75. The Morgan fingerprint density at radius 3 is 2.33 bits per heavy atom. The van der Waals surface area contributed by atoms with Crippen molar-refractivity contribution in [2.24, 2.45) is 0 Å². The fraction of sp³-hybridized carbons (Fsp3) is 0.0588. The molecule has 0 bridgehead atoms. The Morgan fingerprint density at radius 1 is 0.952 bits per heavy atom. The fourth-order valence-corrected chi connectivity index (χ4v) is 2.33. The van der Waals surface area contributed by atoms with Gasteiger partial charge in [0.1, 0.15) is 16.2 Å². The Hall–Kier alpha value is -2.46. The number of rotatable bonds is 3. The standard InChI is InChI=1S/C17H14N2OS/c1-20-14-9-7-12(8-10-14)15-11-16(21)19-17(18-15)13-5-3-2-4-6-13/h2-11H,1H3,(H,18,19,21). The zero-order chi connectivity index (χ0) is 14.7. The van der Waals surface area contributed by atoms with Crippen molar-refractivity contribution in [3.05, 3.63) is 65.3 Å². The maximum Gasteiger partial charge on any atom is 0.139 e. The lowest BCUT2D eigenvalue weighted by atomic mass is 10.1. The first-order chi connectivity index (χ1) is 10.3. The Labute approximate surface area is 128 Å². The van der Waals surface area contributed by atoms with Gasteiger partial charge in [-0.3, -0.25) is 0 Å². The molecule has 0 saturated carbocycles. The van der Waals surface area contributed by atoms with Gasteiger partial charge in [0.15, 0.2) is 0 Å². The summed E-state index contributed by atoms with van der Waals surface area (Å²) in [7, 11) is 1.66. The van der Waals surface area contributed by atoms with Crippen molar-refractivity contribution in [2.75, 3.05) is 7.11 Å². The van der Waals surface area contributed by atoms with E-state index in [9.17, 15) is 0 Å². The normalized spacial score (nSPS) is 10.3. The Kier molecular flexibility index (Phi) is 3.79. The van der Waals surface area contributed by atoms with Crippen LogP contribution < -0.4 is 4.74 Å². The first kappa shape index (κ1) is 13.5. The van der Waals surface area contributed by atoms with Gasteiger partial charge >= 0.3 is 0 Å². The molecule has 0 spiro atoms. The van der Waals surface area contributed by atoms with E-state index < -0.39 is 0 Å². The quantitative estimate of drug-likeness (QED) is 0.724. The van der Waals surface area contributed by atoms with Crippen LogP contribution in [0, 0.1) is 4.64 Å². The number of methoxy groups -OCH3 is 1. The maximum absolute atomic E-state index is 5.28. The molecule has 1 aromatic heterocycles. The summed E-state index contributed by atoms with van der Waals surface area (Å²) in [5, 5.41) is 0. The molecule has 3 nitrogen and oxygen atoms in total. The van der Waals surface area contributed by atoms with E-state index in [0.717, 1.165) is 28.4 Å². The van der Waals surface area contributed by atoms with Gasteiger partial charge < -0.3 is 9.72 Å². The van der Waals surface area contributed by atoms with Crippen molar-refractivity contribution in [3.63, 3.8) is 0 Å². The number of aromatic amines is 1. The smallest absolute Gasteiger partial charge is 0.139 e. The molecule has 0 aliphatic rings. The van der Waals surface area contributed by atoms with E-state index in [1.807, 2.05) is 60.7 Å². The number of hydrogen-bond acceptors (Lipinski definition) is 3. The number of nitrogens with one attached hydrogen (secondary N) is 1. The summed E-state index contributed by atoms with van der Waals surface area (Å²) in [5.74, 6) is 1.60. The number of aromatic nitrogens is 2. The lowest BCUT2D eigenvalue weighted by molar-refractivity contribution is 0.415. The molecular formula is C17H14N2OS. The Balaban J connectivity index is 2.07. The van der Waals surface area contributed by atoms with Crippen molar-refractivity contribution < 1.29 is 4.74 Å². The predicted molar refractivity (Wildman–Crippen MR) is 86.8 cm³/mol. The minimum absolute atomic E-state index is 0.568. The lowest BCUT2D eigenvalue weighted by Crippen LogP contribution is -1.93. The van der Waals surface area contributed by atoms with Gasteiger partial charge in [-0.25, -0.2) is 4.98 Å². The van der Waals surface area contributed by atoms with Crippen LogP contribution in [0.3, 0.4) is 0 Å². The molecule has 0 aliphatic carbocycles. The van der Waals surface area contributed by atoms with E-state index in [2.05, 4.69) is 9.97 Å². The molecule has 0 saturated heterocycles. The number of nitrogens with zero attached hydrogens (tertiary/aromatic N) is 1. The third kappa shape index (κ3) is 3.01. The second-order valence-electron chi connectivity index (χ2n) is 4.58. The second-order valence-corrected chi connectivity index (χ2v) is 4.99. The molecule has 0 fully saturated rings. The molecule has 2 aromatic carbocycles. The molecule has 4 heteroatoms. The van der Waals surface area contributed by atoms with E-state index in [-0.39, 0.29) is 0 Å². The van der Waals surface area contributed by atoms with Gasteiger partial charge in [-0.05, 0) is 35.9 Å². The van der Waals surface area contributed by atoms with Crippen LogP contribution in [-0.2, 0) is 0 Å². The number of H-pyrrole nitrogens is 1. The first-order valence-corrected chi connectivity index (χ1v) is 6.98. The van der Waals surface area contributed by atoms with Crippen LogP contribution in [0.2, 0.25) is 0 Å². The minimum Gasteiger partial charge on any atom is -0.497 e. The molecule has 3 rings (SSSR count). The minimum atomic E-state index is 0.568. The number of benzene rings is 2. The van der Waals surface area contributed by atoms with Gasteiger partial charge in [-0.1, -0.05) is 42.5 Å². The average molecular weight is 294 g/mol. The summed E-state index contributed by atoms with van der Waals surface area (Å²) in [6, 6.07) is 19.7. The van der Waals surface area contributed by atoms with Crippen LogP contribution in [0.1, 0.15) is 0 Å². The molecule has 0 unspecified atom stereocenters. The lowest BCUT2D eigenvalue weighted by Gasteiger charge is -2.07. The van der Waals surface area contributed by atoms with Crippen LogP contribution in [0.25, 0.3) is 22.6 Å². The summed E-state index contributed by atoms with van der Waals surface area (Å²) in [6.07, 6.45) is 0. The van der Waals surface area contributed by atoms with Crippen molar-refractivity contribution in [1.29, 1.82) is 0 Å². The topological polar surface area (TPSA) is 37.9 Å². The number of ether oxygens (including phenoxy) is 1. The van der Waals surface area contributed by atoms with E-state index in [1.54, 1.807) is 7.11 Å². The zero-order valence-corrected chi connectivity index (χ0v) is 12.4. The van der Waals surface area contributed by atoms with Crippen LogP contribution in [-0.4, -0.2) is 17.1 Å². The largest absolute Gasteiger partial charge is 0.497 e. The van der Waals surface area contributed by atoms with Crippen molar-refractivity contribution in [3.8, 4) is 28.4 Å². The SMILES string of the molecule is COc1ccc(-c2cc(=S)nc(-c3ccccc3)[nH]2)cc1. The summed E-state index contributed by atoms with van der Waals surface area (Å²) in [5.41, 5.74) is 3.00. The highest BCUT2D eigenvalue weighted by Gasteiger charge is 2.04. The molecule has 1 N–H and O–H groups in total. The second kappa shape index (κ2) is 5.89. The van der Waals surface area contributed by atoms with E-state index in [0.29, 0.717) is 4.64 Å². The molecule has 0 atom stereocenters. The van der Waals surface area contributed by atoms with Gasteiger partial charge in [0.05, 0.1) is 7.11 Å². The van der Waals surface area contributed by atoms with Crippen LogP contribution in [0.15, 0.2) is 60.7 Å². The molecule has 0 radical (unpaired) electrons. The van der Waals surface area contributed by atoms with Crippen molar-refractivity contribution >= 4 is 12.2 Å².